The Morgan fingerprint density at radius 3 is 2.23 bits per heavy atom. The number of nitrogen functional groups attached to an aromatic ring is 2. The molecule has 0 spiro atoms. The van der Waals surface area contributed by atoms with Crippen molar-refractivity contribution in [3.05, 3.63) is 47.5 Å². The Bertz CT molecular complexity index is 713. The number of halogens is 3. The van der Waals surface area contributed by atoms with Gasteiger partial charge in [-0.2, -0.15) is 13.2 Å². The number of hydrogen-bond donors (Lipinski definition) is 4. The van der Waals surface area contributed by atoms with Crippen molar-refractivity contribution in [1.29, 1.82) is 0 Å². The summed E-state index contributed by atoms with van der Waals surface area (Å²) >= 11 is 0. The van der Waals surface area contributed by atoms with Crippen LogP contribution in [0.4, 0.5) is 30.2 Å². The molecule has 0 aliphatic carbocycles. The lowest BCUT2D eigenvalue weighted by Crippen LogP contribution is -2.13. The van der Waals surface area contributed by atoms with Crippen molar-refractivity contribution in [2.45, 2.75) is 6.18 Å². The van der Waals surface area contributed by atoms with Crippen LogP contribution in [0.15, 0.2) is 36.4 Å². The summed E-state index contributed by atoms with van der Waals surface area (Å²) in [5.74, 6) is -1.07. The molecule has 0 heterocycles. The molecule has 116 valence electrons. The van der Waals surface area contributed by atoms with Gasteiger partial charge in [-0.05, 0) is 36.4 Å². The molecule has 6 N–H and O–H groups in total. The number of rotatable bonds is 2. The fourth-order valence-corrected chi connectivity index (χ4v) is 1.78. The highest BCUT2D eigenvalue weighted by Gasteiger charge is 2.30. The van der Waals surface area contributed by atoms with E-state index in [0.717, 1.165) is 24.3 Å². The largest absolute Gasteiger partial charge is 0.504 e. The first-order valence-corrected chi connectivity index (χ1v) is 6.05. The summed E-state index contributed by atoms with van der Waals surface area (Å²) in [6, 6.07) is 6.25. The van der Waals surface area contributed by atoms with E-state index in [0.29, 0.717) is 0 Å². The van der Waals surface area contributed by atoms with Gasteiger partial charge in [0.1, 0.15) is 0 Å². The number of anilines is 3. The zero-order valence-electron chi connectivity index (χ0n) is 11.1. The maximum absolute atomic E-state index is 12.4. The van der Waals surface area contributed by atoms with Gasteiger partial charge in [-0.1, -0.05) is 0 Å². The Labute approximate surface area is 123 Å². The number of phenols is 1. The number of nitrogens with two attached hydrogens (primary N) is 2. The average molecular weight is 311 g/mol. The first-order chi connectivity index (χ1) is 10.2. The van der Waals surface area contributed by atoms with E-state index in [9.17, 15) is 23.1 Å². The number of carbonyl (C=O) groups excluding carboxylic acids is 1. The van der Waals surface area contributed by atoms with E-state index < -0.39 is 17.6 Å². The van der Waals surface area contributed by atoms with Crippen molar-refractivity contribution in [2.24, 2.45) is 0 Å². The van der Waals surface area contributed by atoms with Crippen LogP contribution < -0.4 is 16.8 Å². The number of alkyl halides is 3. The van der Waals surface area contributed by atoms with E-state index in [-0.39, 0.29) is 28.4 Å². The van der Waals surface area contributed by atoms with Gasteiger partial charge >= 0.3 is 6.18 Å². The molecule has 2 aromatic rings. The van der Waals surface area contributed by atoms with Crippen molar-refractivity contribution in [3.8, 4) is 5.75 Å². The molecule has 0 saturated carbocycles. The highest BCUT2D eigenvalue weighted by Crippen LogP contribution is 2.33. The molecule has 0 fully saturated rings. The SMILES string of the molecule is Nc1cc(N)c(O)c(NC(=O)c2ccc(C(F)(F)F)cc2)c1. The zero-order chi connectivity index (χ0) is 16.5. The minimum atomic E-state index is -4.48. The quantitative estimate of drug-likeness (QED) is 0.389. The number of carbonyl (C=O) groups is 1. The highest BCUT2D eigenvalue weighted by molar-refractivity contribution is 6.05. The number of aromatic hydroxyl groups is 1. The summed E-state index contributed by atoms with van der Waals surface area (Å²) in [5, 5.41) is 12.1. The number of nitrogens with one attached hydrogen (secondary N) is 1. The third-order valence-electron chi connectivity index (χ3n) is 2.88. The van der Waals surface area contributed by atoms with E-state index in [4.69, 9.17) is 11.5 Å². The molecule has 0 unspecified atom stereocenters. The van der Waals surface area contributed by atoms with E-state index in [1.165, 1.54) is 12.1 Å². The van der Waals surface area contributed by atoms with E-state index in [1.54, 1.807) is 0 Å². The van der Waals surface area contributed by atoms with Gasteiger partial charge in [-0.3, -0.25) is 4.79 Å². The van der Waals surface area contributed by atoms with Gasteiger partial charge in [0, 0.05) is 11.3 Å². The van der Waals surface area contributed by atoms with Crippen molar-refractivity contribution in [2.75, 3.05) is 16.8 Å². The molecule has 0 aliphatic heterocycles. The van der Waals surface area contributed by atoms with Gasteiger partial charge in [0.2, 0.25) is 0 Å². The second-order valence-electron chi connectivity index (χ2n) is 4.54. The van der Waals surface area contributed by atoms with Crippen LogP contribution in [0.3, 0.4) is 0 Å². The van der Waals surface area contributed by atoms with Gasteiger partial charge in [-0.15, -0.1) is 0 Å². The second-order valence-corrected chi connectivity index (χ2v) is 4.54. The fraction of sp³-hybridized carbons (Fsp3) is 0.0714. The molecule has 5 nitrogen and oxygen atoms in total. The minimum absolute atomic E-state index is 0.00611. The third kappa shape index (κ3) is 3.22. The fourth-order valence-electron chi connectivity index (χ4n) is 1.78. The lowest BCUT2D eigenvalue weighted by Gasteiger charge is -2.11. The Hall–Kier alpha value is -2.90. The highest BCUT2D eigenvalue weighted by atomic mass is 19.4. The Morgan fingerprint density at radius 2 is 1.68 bits per heavy atom. The van der Waals surface area contributed by atoms with Crippen LogP contribution in [-0.2, 0) is 6.18 Å². The molecule has 0 atom stereocenters. The number of benzene rings is 2. The van der Waals surface area contributed by atoms with E-state index >= 15 is 0 Å². The van der Waals surface area contributed by atoms with Crippen LogP contribution in [0.2, 0.25) is 0 Å². The second kappa shape index (κ2) is 5.47. The summed E-state index contributed by atoms with van der Waals surface area (Å²) < 4.78 is 37.3. The molecule has 0 aliphatic rings. The Kier molecular flexibility index (Phi) is 3.85. The molecule has 2 rings (SSSR count). The molecule has 0 saturated heterocycles. The Balaban J connectivity index is 2.23. The minimum Gasteiger partial charge on any atom is -0.504 e. The first kappa shape index (κ1) is 15.5. The summed E-state index contributed by atoms with van der Waals surface area (Å²) in [6.45, 7) is 0. The van der Waals surface area contributed by atoms with Crippen LogP contribution >= 0.6 is 0 Å². The maximum Gasteiger partial charge on any atom is 0.416 e. The van der Waals surface area contributed by atoms with Gasteiger partial charge in [0.05, 0.1) is 16.9 Å². The summed E-state index contributed by atoms with van der Waals surface area (Å²) in [6.07, 6.45) is -4.48. The summed E-state index contributed by atoms with van der Waals surface area (Å²) in [4.78, 5) is 12.0. The van der Waals surface area contributed by atoms with E-state index in [2.05, 4.69) is 5.32 Å². The van der Waals surface area contributed by atoms with Crippen LogP contribution in [0, 0.1) is 0 Å². The molecule has 0 radical (unpaired) electrons. The Morgan fingerprint density at radius 1 is 1.09 bits per heavy atom. The first-order valence-electron chi connectivity index (χ1n) is 6.05. The average Bonchev–Trinajstić information content (AvgIpc) is 2.43. The van der Waals surface area contributed by atoms with Gasteiger partial charge in [0.15, 0.2) is 5.75 Å². The van der Waals surface area contributed by atoms with Crippen molar-refractivity contribution in [3.63, 3.8) is 0 Å². The molecule has 0 aromatic heterocycles. The molecule has 0 bridgehead atoms. The lowest BCUT2D eigenvalue weighted by molar-refractivity contribution is -0.137. The molecule has 1 amide bonds. The summed E-state index contributed by atoms with van der Waals surface area (Å²) in [5.41, 5.74) is 10.3. The number of phenolic OH excluding ortho intramolecular Hbond substituents is 1. The molecule has 8 heteroatoms. The van der Waals surface area contributed by atoms with Crippen LogP contribution in [-0.4, -0.2) is 11.0 Å². The molecular weight excluding hydrogens is 299 g/mol. The third-order valence-corrected chi connectivity index (χ3v) is 2.88. The number of amides is 1. The number of hydrogen-bond acceptors (Lipinski definition) is 4. The van der Waals surface area contributed by atoms with Crippen molar-refractivity contribution in [1.82, 2.24) is 0 Å². The van der Waals surface area contributed by atoms with E-state index in [1.807, 2.05) is 0 Å². The van der Waals surface area contributed by atoms with Gasteiger partial charge in [0.25, 0.3) is 5.91 Å². The van der Waals surface area contributed by atoms with Crippen LogP contribution in [0.5, 0.6) is 5.75 Å². The molecular formula is C14H12F3N3O2. The normalized spacial score (nSPS) is 11.2. The molecule has 2 aromatic carbocycles. The standard InChI is InChI=1S/C14H12F3N3O2/c15-14(16,17)8-3-1-7(2-4-8)13(22)20-11-6-9(18)5-10(19)12(11)21/h1-6,21H,18-19H2,(H,20,22). The van der Waals surface area contributed by atoms with Gasteiger partial charge < -0.3 is 21.9 Å². The predicted octanol–water partition coefficient (Wildman–Crippen LogP) is 2.83. The van der Waals surface area contributed by atoms with Crippen molar-refractivity contribution < 1.29 is 23.1 Å². The predicted molar refractivity (Wildman–Crippen MR) is 76.3 cm³/mol. The monoisotopic (exact) mass is 311 g/mol. The summed E-state index contributed by atoms with van der Waals surface area (Å²) in [7, 11) is 0. The van der Waals surface area contributed by atoms with Gasteiger partial charge in [-0.25, -0.2) is 0 Å². The van der Waals surface area contributed by atoms with Crippen molar-refractivity contribution >= 4 is 23.0 Å². The lowest BCUT2D eigenvalue weighted by atomic mass is 10.1. The molecule has 22 heavy (non-hydrogen) atoms. The zero-order valence-corrected chi connectivity index (χ0v) is 11.1. The van der Waals surface area contributed by atoms with Crippen LogP contribution in [0.1, 0.15) is 15.9 Å². The smallest absolute Gasteiger partial charge is 0.416 e. The topological polar surface area (TPSA) is 101 Å². The maximum atomic E-state index is 12.4. The van der Waals surface area contributed by atoms with Crippen LogP contribution in [0.25, 0.3) is 0 Å².